The highest BCUT2D eigenvalue weighted by Gasteiger charge is 2.26. The number of pyridine rings is 1. The van der Waals surface area contributed by atoms with Gasteiger partial charge in [-0.05, 0) is 43.9 Å². The average Bonchev–Trinajstić information content (AvgIpc) is 3.02. The molecule has 4 rings (SSSR count). The van der Waals surface area contributed by atoms with E-state index in [0.717, 1.165) is 49.0 Å². The zero-order valence-corrected chi connectivity index (χ0v) is 11.9. The summed E-state index contributed by atoms with van der Waals surface area (Å²) in [7, 11) is 0. The maximum absolute atomic E-state index is 12.2. The summed E-state index contributed by atoms with van der Waals surface area (Å²) in [5.74, 6) is 0.0694. The number of carbonyl (C=O) groups excluding carboxylic acids is 1. The fourth-order valence-corrected chi connectivity index (χ4v) is 3.00. The molecular formula is C16H19N3O2. The summed E-state index contributed by atoms with van der Waals surface area (Å²) in [6.45, 7) is 1.13. The van der Waals surface area contributed by atoms with Crippen LogP contribution in [0.2, 0.25) is 0 Å². The number of hydrogen-bond donors (Lipinski definition) is 1. The van der Waals surface area contributed by atoms with E-state index in [1.54, 1.807) is 6.20 Å². The van der Waals surface area contributed by atoms with Gasteiger partial charge >= 0.3 is 0 Å². The van der Waals surface area contributed by atoms with Crippen molar-refractivity contribution in [2.45, 2.75) is 44.4 Å². The Hall–Kier alpha value is -1.88. The van der Waals surface area contributed by atoms with Gasteiger partial charge in [0.25, 0.3) is 0 Å². The van der Waals surface area contributed by atoms with E-state index >= 15 is 0 Å². The molecule has 0 unspecified atom stereocenters. The fraction of sp³-hybridized carbons (Fsp3) is 0.500. The molecule has 5 heteroatoms. The van der Waals surface area contributed by atoms with Crippen LogP contribution >= 0.6 is 0 Å². The summed E-state index contributed by atoms with van der Waals surface area (Å²) in [4.78, 5) is 16.6. The number of fused-ring (bicyclic) bond motifs is 1. The topological polar surface area (TPSA) is 56.2 Å². The highest BCUT2D eigenvalue weighted by atomic mass is 16.5. The minimum Gasteiger partial charge on any atom is -0.372 e. The molecule has 21 heavy (non-hydrogen) atoms. The third-order valence-corrected chi connectivity index (χ3v) is 4.19. The molecule has 3 heterocycles. The number of amides is 1. The summed E-state index contributed by atoms with van der Waals surface area (Å²) < 4.78 is 7.82. The van der Waals surface area contributed by atoms with E-state index in [-0.39, 0.29) is 12.0 Å². The van der Waals surface area contributed by atoms with E-state index in [1.165, 1.54) is 0 Å². The van der Waals surface area contributed by atoms with Crippen molar-refractivity contribution in [3.05, 3.63) is 30.1 Å². The van der Waals surface area contributed by atoms with E-state index in [2.05, 4.69) is 16.4 Å². The van der Waals surface area contributed by atoms with Gasteiger partial charge in [-0.2, -0.15) is 0 Å². The van der Waals surface area contributed by atoms with Crippen molar-refractivity contribution in [2.24, 2.45) is 0 Å². The highest BCUT2D eigenvalue weighted by Crippen LogP contribution is 2.32. The quantitative estimate of drug-likeness (QED) is 0.936. The third-order valence-electron chi connectivity index (χ3n) is 4.19. The molecule has 1 saturated carbocycles. The van der Waals surface area contributed by atoms with Crippen molar-refractivity contribution in [2.75, 3.05) is 6.61 Å². The van der Waals surface area contributed by atoms with Crippen LogP contribution in [0.5, 0.6) is 0 Å². The molecule has 0 radical (unpaired) electrons. The standard InChI is InChI=1S/C16H19N3O2/c20-15(18-12-5-6-12)10-19-13(14-4-2-8-21-14)9-11-3-1-7-17-16(11)19/h1,3,7,9,12,14H,2,4-6,8,10H2,(H,18,20)/t14-/m1/s1. The van der Waals surface area contributed by atoms with Gasteiger partial charge in [0.05, 0.1) is 6.10 Å². The Morgan fingerprint density at radius 2 is 2.33 bits per heavy atom. The summed E-state index contributed by atoms with van der Waals surface area (Å²) >= 11 is 0. The molecule has 1 amide bonds. The normalized spacial score (nSPS) is 21.8. The van der Waals surface area contributed by atoms with Crippen LogP contribution in [0.4, 0.5) is 0 Å². The minimum atomic E-state index is 0.0694. The second kappa shape index (κ2) is 5.15. The zero-order chi connectivity index (χ0) is 14.2. The van der Waals surface area contributed by atoms with Crippen LogP contribution in [0.3, 0.4) is 0 Å². The first-order chi connectivity index (χ1) is 10.3. The lowest BCUT2D eigenvalue weighted by molar-refractivity contribution is -0.121. The Bertz CT molecular complexity index is 669. The van der Waals surface area contributed by atoms with Crippen LogP contribution in [0.15, 0.2) is 24.4 Å². The lowest BCUT2D eigenvalue weighted by Crippen LogP contribution is -2.30. The molecule has 1 aliphatic heterocycles. The number of nitrogens with zero attached hydrogens (tertiary/aromatic N) is 2. The zero-order valence-electron chi connectivity index (χ0n) is 11.9. The molecular weight excluding hydrogens is 266 g/mol. The maximum atomic E-state index is 12.2. The molecule has 2 aromatic heterocycles. The number of carbonyl (C=O) groups is 1. The van der Waals surface area contributed by atoms with Gasteiger partial charge in [-0.25, -0.2) is 4.98 Å². The van der Waals surface area contributed by atoms with E-state index in [0.29, 0.717) is 12.6 Å². The van der Waals surface area contributed by atoms with Gasteiger partial charge in [-0.1, -0.05) is 0 Å². The van der Waals surface area contributed by atoms with E-state index in [1.807, 2.05) is 16.7 Å². The van der Waals surface area contributed by atoms with Crippen LogP contribution in [-0.4, -0.2) is 28.1 Å². The first kappa shape index (κ1) is 12.8. The summed E-state index contributed by atoms with van der Waals surface area (Å²) in [5.41, 5.74) is 1.95. The Morgan fingerprint density at radius 1 is 1.43 bits per heavy atom. The van der Waals surface area contributed by atoms with Gasteiger partial charge in [0.15, 0.2) is 0 Å². The van der Waals surface area contributed by atoms with Crippen LogP contribution in [0.25, 0.3) is 11.0 Å². The van der Waals surface area contributed by atoms with Crippen LogP contribution < -0.4 is 5.32 Å². The van der Waals surface area contributed by atoms with Gasteiger partial charge in [0.2, 0.25) is 5.91 Å². The Labute approximate surface area is 123 Å². The lowest BCUT2D eigenvalue weighted by Gasteiger charge is -2.14. The molecule has 5 nitrogen and oxygen atoms in total. The van der Waals surface area contributed by atoms with Gasteiger partial charge < -0.3 is 14.6 Å². The minimum absolute atomic E-state index is 0.0694. The van der Waals surface area contributed by atoms with Gasteiger partial charge in [0, 0.05) is 29.9 Å². The van der Waals surface area contributed by atoms with Crippen molar-refractivity contribution in [3.8, 4) is 0 Å². The first-order valence-electron chi connectivity index (χ1n) is 7.66. The molecule has 1 aliphatic carbocycles. The molecule has 2 fully saturated rings. The van der Waals surface area contributed by atoms with Crippen molar-refractivity contribution in [3.63, 3.8) is 0 Å². The molecule has 1 atom stereocenters. The summed E-state index contributed by atoms with van der Waals surface area (Å²) in [5, 5.41) is 4.12. The average molecular weight is 285 g/mol. The number of nitrogens with one attached hydrogen (secondary N) is 1. The molecule has 2 aliphatic rings. The molecule has 1 N–H and O–H groups in total. The molecule has 1 saturated heterocycles. The fourth-order valence-electron chi connectivity index (χ4n) is 3.00. The molecule has 0 bridgehead atoms. The molecule has 0 spiro atoms. The predicted octanol–water partition coefficient (Wildman–Crippen LogP) is 2.17. The van der Waals surface area contributed by atoms with E-state index in [9.17, 15) is 4.79 Å². The highest BCUT2D eigenvalue weighted by molar-refractivity contribution is 5.82. The number of rotatable bonds is 4. The van der Waals surface area contributed by atoms with Crippen molar-refractivity contribution < 1.29 is 9.53 Å². The van der Waals surface area contributed by atoms with Gasteiger partial charge in [0.1, 0.15) is 12.2 Å². The number of ether oxygens (including phenoxy) is 1. The molecule has 110 valence electrons. The third kappa shape index (κ3) is 2.53. The van der Waals surface area contributed by atoms with E-state index in [4.69, 9.17) is 4.74 Å². The van der Waals surface area contributed by atoms with Gasteiger partial charge in [-0.15, -0.1) is 0 Å². The number of aromatic nitrogens is 2. The van der Waals surface area contributed by atoms with Crippen molar-refractivity contribution in [1.82, 2.24) is 14.9 Å². The summed E-state index contributed by atoms with van der Waals surface area (Å²) in [6.07, 6.45) is 6.17. The monoisotopic (exact) mass is 285 g/mol. The molecule has 2 aromatic rings. The maximum Gasteiger partial charge on any atom is 0.240 e. The second-order valence-electron chi connectivity index (χ2n) is 5.92. The van der Waals surface area contributed by atoms with Crippen molar-refractivity contribution in [1.29, 1.82) is 0 Å². The van der Waals surface area contributed by atoms with Gasteiger partial charge in [-0.3, -0.25) is 4.79 Å². The molecule has 0 aromatic carbocycles. The largest absolute Gasteiger partial charge is 0.372 e. The smallest absolute Gasteiger partial charge is 0.240 e. The predicted molar refractivity (Wildman–Crippen MR) is 78.8 cm³/mol. The SMILES string of the molecule is O=C(Cn1c([C@H]2CCCO2)cc2cccnc21)NC1CC1. The second-order valence-corrected chi connectivity index (χ2v) is 5.92. The number of hydrogen-bond acceptors (Lipinski definition) is 3. The van der Waals surface area contributed by atoms with Crippen LogP contribution in [-0.2, 0) is 16.1 Å². The first-order valence-corrected chi connectivity index (χ1v) is 7.66. The Morgan fingerprint density at radius 3 is 3.10 bits per heavy atom. The Kier molecular flexibility index (Phi) is 3.15. The lowest BCUT2D eigenvalue weighted by atomic mass is 10.2. The summed E-state index contributed by atoms with van der Waals surface area (Å²) in [6, 6.07) is 6.47. The van der Waals surface area contributed by atoms with Crippen LogP contribution in [0.1, 0.15) is 37.5 Å². The Balaban J connectivity index is 1.68. The van der Waals surface area contributed by atoms with Crippen LogP contribution in [0, 0.1) is 0 Å². The van der Waals surface area contributed by atoms with Crippen molar-refractivity contribution >= 4 is 16.9 Å². The van der Waals surface area contributed by atoms with E-state index < -0.39 is 0 Å².